The van der Waals surface area contributed by atoms with Crippen LogP contribution in [-0.4, -0.2) is 20.9 Å². The Labute approximate surface area is 130 Å². The first-order valence-corrected chi connectivity index (χ1v) is 8.86. The summed E-state index contributed by atoms with van der Waals surface area (Å²) in [6, 6.07) is 6.42. The second kappa shape index (κ2) is 6.24. The zero-order valence-electron chi connectivity index (χ0n) is 13.1. The molecule has 2 rings (SSSR count). The van der Waals surface area contributed by atoms with Crippen LogP contribution in [0.15, 0.2) is 29.2 Å². The molecule has 0 bridgehead atoms. The van der Waals surface area contributed by atoms with Crippen molar-refractivity contribution < 1.29 is 21.4 Å². The van der Waals surface area contributed by atoms with Gasteiger partial charge in [0.05, 0.1) is 11.5 Å². The molecule has 1 aromatic carbocycles. The topological polar surface area (TPSA) is 43.4 Å². The van der Waals surface area contributed by atoms with Crippen molar-refractivity contribution in [3.8, 4) is 0 Å². The van der Waals surface area contributed by atoms with Crippen LogP contribution in [0.1, 0.15) is 32.3 Å². The van der Waals surface area contributed by atoms with Crippen molar-refractivity contribution in [2.75, 3.05) is 6.61 Å². The Morgan fingerprint density at radius 1 is 1.27 bits per heavy atom. The minimum atomic E-state index is -3.78. The molecule has 1 aromatic rings. The monoisotopic (exact) mass is 332 g/mol. The van der Waals surface area contributed by atoms with Gasteiger partial charge in [0.15, 0.2) is 0 Å². The third-order valence-corrected chi connectivity index (χ3v) is 5.45. The van der Waals surface area contributed by atoms with E-state index in [1.54, 1.807) is 19.1 Å². The molecule has 1 aliphatic rings. The number of halogens is 2. The van der Waals surface area contributed by atoms with Crippen LogP contribution in [0, 0.1) is 24.7 Å². The summed E-state index contributed by atoms with van der Waals surface area (Å²) in [5.41, 5.74) is 0.964. The largest absolute Gasteiger partial charge is 0.296 e. The fraction of sp³-hybridized carbons (Fsp3) is 0.625. The molecule has 3 unspecified atom stereocenters. The number of hydrogen-bond donors (Lipinski definition) is 0. The van der Waals surface area contributed by atoms with Crippen molar-refractivity contribution in [3.05, 3.63) is 29.8 Å². The second-order valence-corrected chi connectivity index (χ2v) is 8.06. The number of alkyl halides is 2. The van der Waals surface area contributed by atoms with Gasteiger partial charge in [-0.05, 0) is 37.3 Å². The molecule has 1 aliphatic carbocycles. The van der Waals surface area contributed by atoms with Gasteiger partial charge in [-0.15, -0.1) is 0 Å². The summed E-state index contributed by atoms with van der Waals surface area (Å²) < 4.78 is 55.1. The maximum Gasteiger partial charge on any atom is 0.296 e. The quantitative estimate of drug-likeness (QED) is 0.708. The summed E-state index contributed by atoms with van der Waals surface area (Å²) in [5, 5.41) is 0. The van der Waals surface area contributed by atoms with Gasteiger partial charge in [-0.3, -0.25) is 4.18 Å². The molecule has 22 heavy (non-hydrogen) atoms. The molecule has 1 saturated carbocycles. The maximum absolute atomic E-state index is 13.0. The van der Waals surface area contributed by atoms with Gasteiger partial charge in [-0.1, -0.05) is 31.5 Å². The van der Waals surface area contributed by atoms with E-state index in [2.05, 4.69) is 0 Å². The molecule has 0 aromatic heterocycles. The molecule has 1 fully saturated rings. The van der Waals surface area contributed by atoms with Crippen molar-refractivity contribution in [3.63, 3.8) is 0 Å². The number of rotatable bonds is 7. The van der Waals surface area contributed by atoms with Crippen LogP contribution in [0.25, 0.3) is 0 Å². The van der Waals surface area contributed by atoms with E-state index >= 15 is 0 Å². The molecule has 0 heterocycles. The van der Waals surface area contributed by atoms with Gasteiger partial charge < -0.3 is 0 Å². The normalized spacial score (nSPS) is 23.0. The first-order valence-electron chi connectivity index (χ1n) is 7.46. The van der Waals surface area contributed by atoms with Gasteiger partial charge in [0.2, 0.25) is 0 Å². The molecule has 0 saturated heterocycles. The van der Waals surface area contributed by atoms with Gasteiger partial charge in [-0.25, -0.2) is 8.78 Å². The second-order valence-electron chi connectivity index (χ2n) is 6.44. The molecule has 0 aliphatic heterocycles. The third-order valence-electron chi connectivity index (χ3n) is 4.15. The number of hydrogen-bond acceptors (Lipinski definition) is 3. The molecule has 3 nitrogen and oxygen atoms in total. The van der Waals surface area contributed by atoms with E-state index in [0.29, 0.717) is 6.42 Å². The summed E-state index contributed by atoms with van der Waals surface area (Å²) in [6.07, 6.45) is 0.479. The Morgan fingerprint density at radius 3 is 2.32 bits per heavy atom. The Hall–Kier alpha value is -1.01. The Bertz CT molecular complexity index is 611. The SMILES string of the molecule is Cc1ccc(S(=O)(=O)OCC(C)CC(C)C2CC2(F)F)cc1. The van der Waals surface area contributed by atoms with Crippen LogP contribution >= 0.6 is 0 Å². The smallest absolute Gasteiger partial charge is 0.266 e. The lowest BCUT2D eigenvalue weighted by atomic mass is 9.94. The summed E-state index contributed by atoms with van der Waals surface area (Å²) >= 11 is 0. The first kappa shape index (κ1) is 17.3. The van der Waals surface area contributed by atoms with E-state index in [9.17, 15) is 17.2 Å². The minimum absolute atomic E-state index is 0.0127. The van der Waals surface area contributed by atoms with Crippen molar-refractivity contribution in [1.82, 2.24) is 0 Å². The molecule has 0 amide bonds. The predicted molar refractivity (Wildman–Crippen MR) is 80.3 cm³/mol. The van der Waals surface area contributed by atoms with Crippen LogP contribution in [-0.2, 0) is 14.3 Å². The number of aryl methyl sites for hydroxylation is 1. The van der Waals surface area contributed by atoms with E-state index in [4.69, 9.17) is 4.18 Å². The fourth-order valence-electron chi connectivity index (χ4n) is 2.70. The molecule has 124 valence electrons. The summed E-state index contributed by atoms with van der Waals surface area (Å²) in [4.78, 5) is 0.118. The van der Waals surface area contributed by atoms with Gasteiger partial charge in [0, 0.05) is 12.3 Å². The molecule has 0 radical (unpaired) electrons. The summed E-state index contributed by atoms with van der Waals surface area (Å²) in [6.45, 7) is 5.49. The number of benzene rings is 1. The highest BCUT2D eigenvalue weighted by Crippen LogP contribution is 2.54. The minimum Gasteiger partial charge on any atom is -0.266 e. The van der Waals surface area contributed by atoms with E-state index in [1.807, 2.05) is 13.8 Å². The van der Waals surface area contributed by atoms with Gasteiger partial charge in [0.25, 0.3) is 16.0 Å². The zero-order chi connectivity index (χ0) is 16.5. The summed E-state index contributed by atoms with van der Waals surface area (Å²) in [7, 11) is -3.78. The molecule has 0 spiro atoms. The van der Waals surface area contributed by atoms with Crippen LogP contribution in [0.5, 0.6) is 0 Å². The van der Waals surface area contributed by atoms with Gasteiger partial charge >= 0.3 is 0 Å². The van der Waals surface area contributed by atoms with Crippen LogP contribution < -0.4 is 0 Å². The van der Waals surface area contributed by atoms with Crippen LogP contribution in [0.4, 0.5) is 8.78 Å². The highest BCUT2D eigenvalue weighted by Gasteiger charge is 2.58. The molecular formula is C16H22F2O3S. The molecule has 3 atom stereocenters. The lowest BCUT2D eigenvalue weighted by Gasteiger charge is -2.17. The van der Waals surface area contributed by atoms with E-state index in [0.717, 1.165) is 5.56 Å². The van der Waals surface area contributed by atoms with Crippen LogP contribution in [0.3, 0.4) is 0 Å². The fourth-order valence-corrected chi connectivity index (χ4v) is 3.71. The predicted octanol–water partition coefficient (Wildman–Crippen LogP) is 4.02. The molecule has 0 N–H and O–H groups in total. The third kappa shape index (κ3) is 4.26. The Balaban J connectivity index is 1.85. The Kier molecular flexibility index (Phi) is 4.92. The standard InChI is InChI=1S/C16H22F2O3S/c1-11-4-6-14(7-5-11)22(19,20)21-10-12(2)8-13(3)15-9-16(15,17)18/h4-7,12-13,15H,8-10H2,1-3H3. The van der Waals surface area contributed by atoms with E-state index < -0.39 is 22.0 Å². The van der Waals surface area contributed by atoms with Crippen molar-refractivity contribution in [2.45, 2.75) is 44.4 Å². The molecule has 6 heteroatoms. The highest BCUT2D eigenvalue weighted by molar-refractivity contribution is 7.86. The average Bonchev–Trinajstić information content (AvgIpc) is 3.06. The van der Waals surface area contributed by atoms with Crippen LogP contribution in [0.2, 0.25) is 0 Å². The highest BCUT2D eigenvalue weighted by atomic mass is 32.2. The Morgan fingerprint density at radius 2 is 1.82 bits per heavy atom. The van der Waals surface area contributed by atoms with E-state index in [1.165, 1.54) is 12.1 Å². The summed E-state index contributed by atoms with van der Waals surface area (Å²) in [5.74, 6) is -3.32. The van der Waals surface area contributed by atoms with Gasteiger partial charge in [0.1, 0.15) is 0 Å². The average molecular weight is 332 g/mol. The zero-order valence-corrected chi connectivity index (χ0v) is 13.9. The van der Waals surface area contributed by atoms with Crippen molar-refractivity contribution >= 4 is 10.1 Å². The van der Waals surface area contributed by atoms with Gasteiger partial charge in [-0.2, -0.15) is 8.42 Å². The maximum atomic E-state index is 13.0. The van der Waals surface area contributed by atoms with Crippen molar-refractivity contribution in [1.29, 1.82) is 0 Å². The van der Waals surface area contributed by atoms with E-state index in [-0.39, 0.29) is 29.8 Å². The lowest BCUT2D eigenvalue weighted by Crippen LogP contribution is -2.16. The molecular weight excluding hydrogens is 310 g/mol. The first-order chi connectivity index (χ1) is 10.1. The van der Waals surface area contributed by atoms with Crippen molar-refractivity contribution in [2.24, 2.45) is 17.8 Å². The lowest BCUT2D eigenvalue weighted by molar-refractivity contribution is 0.0819.